The van der Waals surface area contributed by atoms with E-state index in [2.05, 4.69) is 4.72 Å². The van der Waals surface area contributed by atoms with E-state index in [-0.39, 0.29) is 26.9 Å². The molecule has 3 N–H and O–H groups in total. The van der Waals surface area contributed by atoms with Crippen molar-refractivity contribution in [2.45, 2.75) is 36.6 Å². The number of nitrogens with one attached hydrogen (secondary N) is 1. The highest BCUT2D eigenvalue weighted by Crippen LogP contribution is 2.31. The van der Waals surface area contributed by atoms with E-state index < -0.39 is 10.0 Å². The minimum absolute atomic E-state index is 0.0512. The maximum atomic E-state index is 12.5. The van der Waals surface area contributed by atoms with Gasteiger partial charge in [0.15, 0.2) is 0 Å². The Morgan fingerprint density at radius 2 is 1.80 bits per heavy atom. The van der Waals surface area contributed by atoms with E-state index in [1.165, 1.54) is 12.1 Å². The molecule has 0 aliphatic heterocycles. The van der Waals surface area contributed by atoms with E-state index in [9.17, 15) is 8.42 Å². The van der Waals surface area contributed by atoms with Gasteiger partial charge in [0.05, 0.1) is 10.0 Å². The maximum absolute atomic E-state index is 12.5. The van der Waals surface area contributed by atoms with Crippen LogP contribution in [0.2, 0.25) is 10.0 Å². The molecule has 0 radical (unpaired) electrons. The van der Waals surface area contributed by atoms with Crippen LogP contribution in [0, 0.1) is 5.92 Å². The molecule has 1 aromatic rings. The van der Waals surface area contributed by atoms with Crippen LogP contribution < -0.4 is 10.5 Å². The summed E-state index contributed by atoms with van der Waals surface area (Å²) in [5.74, 6) is 0.166. The molecule has 0 bridgehead atoms. The van der Waals surface area contributed by atoms with Crippen LogP contribution in [-0.4, -0.2) is 21.0 Å². The van der Waals surface area contributed by atoms with Crippen molar-refractivity contribution < 1.29 is 8.42 Å². The monoisotopic (exact) mass is 336 g/mol. The zero-order valence-corrected chi connectivity index (χ0v) is 13.3. The van der Waals surface area contributed by atoms with E-state index in [4.69, 9.17) is 28.9 Å². The maximum Gasteiger partial charge on any atom is 0.243 e. The summed E-state index contributed by atoms with van der Waals surface area (Å²) in [6.07, 6.45) is 3.83. The van der Waals surface area contributed by atoms with Crippen LogP contribution in [-0.2, 0) is 10.0 Å². The molecule has 4 nitrogen and oxygen atoms in total. The van der Waals surface area contributed by atoms with Gasteiger partial charge in [0.2, 0.25) is 10.0 Å². The van der Waals surface area contributed by atoms with E-state index in [1.807, 2.05) is 0 Å². The number of sulfonamides is 1. The first-order valence-electron chi connectivity index (χ1n) is 6.62. The van der Waals surface area contributed by atoms with Crippen molar-refractivity contribution in [3.8, 4) is 0 Å². The van der Waals surface area contributed by atoms with Gasteiger partial charge in [0, 0.05) is 6.04 Å². The Hall–Kier alpha value is -0.330. The summed E-state index contributed by atoms with van der Waals surface area (Å²) in [5, 5.41) is 0.259. The Bertz CT molecular complexity index is 557. The number of halogens is 2. The topological polar surface area (TPSA) is 72.2 Å². The van der Waals surface area contributed by atoms with E-state index in [0.717, 1.165) is 25.7 Å². The van der Waals surface area contributed by atoms with E-state index in [0.29, 0.717) is 6.54 Å². The molecule has 112 valence electrons. The molecule has 1 fully saturated rings. The van der Waals surface area contributed by atoms with Gasteiger partial charge in [-0.3, -0.25) is 0 Å². The largest absolute Gasteiger partial charge is 0.330 e. The number of hydrogen-bond acceptors (Lipinski definition) is 3. The molecular weight excluding hydrogens is 319 g/mol. The van der Waals surface area contributed by atoms with Crippen molar-refractivity contribution in [1.82, 2.24) is 4.72 Å². The van der Waals surface area contributed by atoms with Crippen LogP contribution in [0.5, 0.6) is 0 Å². The summed E-state index contributed by atoms with van der Waals surface area (Å²) in [5.41, 5.74) is 5.72. The second-order valence-electron chi connectivity index (χ2n) is 5.06. The second-order valence-corrected chi connectivity index (χ2v) is 7.52. The van der Waals surface area contributed by atoms with Gasteiger partial charge in [0.25, 0.3) is 0 Å². The molecule has 1 aromatic carbocycles. The summed E-state index contributed by atoms with van der Waals surface area (Å²) < 4.78 is 27.7. The SMILES string of the molecule is NCC1CCCCC1NS(=O)(=O)c1c(Cl)cccc1Cl. The van der Waals surface area contributed by atoms with Crippen LogP contribution in [0.4, 0.5) is 0 Å². The lowest BCUT2D eigenvalue weighted by atomic mass is 9.85. The molecule has 2 unspecified atom stereocenters. The van der Waals surface area contributed by atoms with E-state index >= 15 is 0 Å². The summed E-state index contributed by atoms with van der Waals surface area (Å²) in [6.45, 7) is 0.476. The minimum Gasteiger partial charge on any atom is -0.330 e. The molecule has 0 spiro atoms. The second kappa shape index (κ2) is 6.62. The quantitative estimate of drug-likeness (QED) is 0.887. The smallest absolute Gasteiger partial charge is 0.243 e. The fraction of sp³-hybridized carbons (Fsp3) is 0.538. The van der Waals surface area contributed by atoms with Gasteiger partial charge in [0.1, 0.15) is 4.90 Å². The van der Waals surface area contributed by atoms with Crippen molar-refractivity contribution in [2.24, 2.45) is 11.7 Å². The fourth-order valence-electron chi connectivity index (χ4n) is 2.64. The summed E-state index contributed by atoms with van der Waals surface area (Å²) >= 11 is 11.9. The van der Waals surface area contributed by atoms with Crippen molar-refractivity contribution in [3.63, 3.8) is 0 Å². The number of benzene rings is 1. The van der Waals surface area contributed by atoms with Gasteiger partial charge >= 0.3 is 0 Å². The van der Waals surface area contributed by atoms with Gasteiger partial charge in [-0.25, -0.2) is 13.1 Å². The zero-order chi connectivity index (χ0) is 14.8. The lowest BCUT2D eigenvalue weighted by molar-refractivity contribution is 0.296. The van der Waals surface area contributed by atoms with Crippen molar-refractivity contribution in [1.29, 1.82) is 0 Å². The molecule has 2 rings (SSSR count). The summed E-state index contributed by atoms with van der Waals surface area (Å²) in [4.78, 5) is -0.0512. The standard InChI is InChI=1S/C13H18Cl2N2O2S/c14-10-5-3-6-11(15)13(10)20(18,19)17-12-7-2-1-4-9(12)8-16/h3,5-6,9,12,17H,1-2,4,7-8,16H2. The van der Waals surface area contributed by atoms with Gasteiger partial charge in [-0.1, -0.05) is 42.1 Å². The zero-order valence-electron chi connectivity index (χ0n) is 11.0. The molecule has 20 heavy (non-hydrogen) atoms. The molecule has 1 aliphatic carbocycles. The Morgan fingerprint density at radius 3 is 2.40 bits per heavy atom. The fourth-order valence-corrected chi connectivity index (χ4v) is 5.13. The van der Waals surface area contributed by atoms with Crippen LogP contribution in [0.25, 0.3) is 0 Å². The van der Waals surface area contributed by atoms with Gasteiger partial charge < -0.3 is 5.73 Å². The van der Waals surface area contributed by atoms with Gasteiger partial charge in [-0.2, -0.15) is 0 Å². The molecule has 0 saturated heterocycles. The highest BCUT2D eigenvalue weighted by molar-refractivity contribution is 7.89. The van der Waals surface area contributed by atoms with Gasteiger partial charge in [-0.05, 0) is 37.4 Å². The number of nitrogens with two attached hydrogens (primary N) is 1. The lowest BCUT2D eigenvalue weighted by Gasteiger charge is -2.31. The van der Waals surface area contributed by atoms with Crippen molar-refractivity contribution in [3.05, 3.63) is 28.2 Å². The Morgan fingerprint density at radius 1 is 1.20 bits per heavy atom. The van der Waals surface area contributed by atoms with Crippen LogP contribution in [0.15, 0.2) is 23.1 Å². The molecule has 0 aromatic heterocycles. The van der Waals surface area contributed by atoms with E-state index in [1.54, 1.807) is 6.07 Å². The molecule has 1 aliphatic rings. The average molecular weight is 337 g/mol. The Kier molecular flexibility index (Phi) is 5.31. The minimum atomic E-state index is -3.73. The molecule has 7 heteroatoms. The van der Waals surface area contributed by atoms with Crippen molar-refractivity contribution >= 4 is 33.2 Å². The third kappa shape index (κ3) is 3.46. The summed E-state index contributed by atoms with van der Waals surface area (Å²) in [6, 6.07) is 4.51. The Labute approximate surface area is 129 Å². The first-order valence-corrected chi connectivity index (χ1v) is 8.86. The lowest BCUT2D eigenvalue weighted by Crippen LogP contribution is -2.44. The highest BCUT2D eigenvalue weighted by Gasteiger charge is 2.30. The molecule has 1 saturated carbocycles. The molecule has 0 amide bonds. The van der Waals surface area contributed by atoms with Crippen molar-refractivity contribution in [2.75, 3.05) is 6.54 Å². The third-order valence-corrected chi connectivity index (χ3v) is 6.15. The first kappa shape index (κ1) is 16.0. The van der Waals surface area contributed by atoms with Gasteiger partial charge in [-0.15, -0.1) is 0 Å². The highest BCUT2D eigenvalue weighted by atomic mass is 35.5. The molecular formula is C13H18Cl2N2O2S. The number of rotatable bonds is 4. The third-order valence-electron chi connectivity index (χ3n) is 3.71. The van der Waals surface area contributed by atoms with Crippen LogP contribution >= 0.6 is 23.2 Å². The average Bonchev–Trinajstić information content (AvgIpc) is 2.38. The Balaban J connectivity index is 2.27. The summed E-state index contributed by atoms with van der Waals surface area (Å²) in [7, 11) is -3.73. The molecule has 2 atom stereocenters. The normalized spacial score (nSPS) is 23.8. The first-order chi connectivity index (χ1) is 9.45. The number of hydrogen-bond donors (Lipinski definition) is 2. The predicted octanol–water partition coefficient (Wildman–Crippen LogP) is 2.79. The van der Waals surface area contributed by atoms with Crippen LogP contribution in [0.1, 0.15) is 25.7 Å². The van der Waals surface area contributed by atoms with Crippen LogP contribution in [0.3, 0.4) is 0 Å². The predicted molar refractivity (Wildman–Crippen MR) is 81.6 cm³/mol. The molecule has 0 heterocycles.